The smallest absolute Gasteiger partial charge is 0.253 e. The van der Waals surface area contributed by atoms with Gasteiger partial charge in [0.2, 0.25) is 0 Å². The van der Waals surface area contributed by atoms with Crippen LogP contribution in [0.25, 0.3) is 0 Å². The van der Waals surface area contributed by atoms with E-state index in [4.69, 9.17) is 12.2 Å². The van der Waals surface area contributed by atoms with Crippen molar-refractivity contribution in [3.05, 3.63) is 29.8 Å². The monoisotopic (exact) mass is 373 g/mol. The summed E-state index contributed by atoms with van der Waals surface area (Å²) in [5.74, 6) is 0.691. The molecule has 1 heterocycles. The lowest BCUT2D eigenvalue weighted by atomic mass is 9.85. The van der Waals surface area contributed by atoms with Gasteiger partial charge in [0.15, 0.2) is 5.11 Å². The quantitative estimate of drug-likeness (QED) is 0.759. The zero-order valence-electron chi connectivity index (χ0n) is 16.0. The Kier molecular flexibility index (Phi) is 6.17. The Hall–Kier alpha value is -1.62. The summed E-state index contributed by atoms with van der Waals surface area (Å²) in [6.07, 6.45) is 8.34. The van der Waals surface area contributed by atoms with Crippen molar-refractivity contribution >= 4 is 28.9 Å². The second-order valence-corrected chi connectivity index (χ2v) is 8.44. The fourth-order valence-electron chi connectivity index (χ4n) is 4.22. The van der Waals surface area contributed by atoms with E-state index >= 15 is 0 Å². The minimum atomic E-state index is 0.119. The average Bonchev–Trinajstić information content (AvgIpc) is 3.12. The van der Waals surface area contributed by atoms with Crippen molar-refractivity contribution in [2.75, 3.05) is 18.4 Å². The third kappa shape index (κ3) is 4.37. The van der Waals surface area contributed by atoms with Gasteiger partial charge in [0.25, 0.3) is 5.91 Å². The zero-order valence-corrected chi connectivity index (χ0v) is 16.8. The van der Waals surface area contributed by atoms with Gasteiger partial charge in [-0.05, 0) is 74.5 Å². The van der Waals surface area contributed by atoms with E-state index in [9.17, 15) is 4.79 Å². The van der Waals surface area contributed by atoms with E-state index in [0.29, 0.717) is 11.0 Å². The lowest BCUT2D eigenvalue weighted by Crippen LogP contribution is -2.51. The van der Waals surface area contributed by atoms with Gasteiger partial charge < -0.3 is 15.5 Å². The zero-order chi connectivity index (χ0) is 18.6. The molecule has 5 heteroatoms. The number of rotatable bonds is 4. The molecule has 0 atom stereocenters. The number of amides is 1. The fourth-order valence-corrected chi connectivity index (χ4v) is 4.54. The van der Waals surface area contributed by atoms with Gasteiger partial charge in [0, 0.05) is 29.9 Å². The summed E-state index contributed by atoms with van der Waals surface area (Å²) < 4.78 is 0. The van der Waals surface area contributed by atoms with Crippen LogP contribution in [0, 0.1) is 5.92 Å². The van der Waals surface area contributed by atoms with Crippen LogP contribution < -0.4 is 10.6 Å². The average molecular weight is 374 g/mol. The van der Waals surface area contributed by atoms with Crippen LogP contribution in [0.4, 0.5) is 5.69 Å². The number of carbonyl (C=O) groups is 1. The van der Waals surface area contributed by atoms with Crippen molar-refractivity contribution in [2.24, 2.45) is 5.92 Å². The predicted octanol–water partition coefficient (Wildman–Crippen LogP) is 4.57. The van der Waals surface area contributed by atoms with E-state index in [1.807, 2.05) is 29.2 Å². The first-order chi connectivity index (χ1) is 12.5. The van der Waals surface area contributed by atoms with Gasteiger partial charge in [-0.1, -0.05) is 26.7 Å². The van der Waals surface area contributed by atoms with Gasteiger partial charge >= 0.3 is 0 Å². The third-order valence-corrected chi connectivity index (χ3v) is 6.20. The summed E-state index contributed by atoms with van der Waals surface area (Å²) in [6.45, 7) is 6.29. The molecule has 4 nitrogen and oxygen atoms in total. The summed E-state index contributed by atoms with van der Waals surface area (Å²) in [6, 6.07) is 7.69. The first kappa shape index (κ1) is 19.2. The number of likely N-dealkylation sites (tertiary alicyclic amines) is 1. The van der Waals surface area contributed by atoms with Crippen LogP contribution in [0.1, 0.15) is 69.2 Å². The number of thiocarbonyl (C=S) groups is 1. The van der Waals surface area contributed by atoms with Gasteiger partial charge in [-0.15, -0.1) is 0 Å². The van der Waals surface area contributed by atoms with E-state index in [-0.39, 0.29) is 11.4 Å². The fraction of sp³-hybridized carbons (Fsp3) is 0.619. The summed E-state index contributed by atoms with van der Waals surface area (Å²) in [5.41, 5.74) is 1.80. The van der Waals surface area contributed by atoms with Crippen molar-refractivity contribution in [1.82, 2.24) is 10.2 Å². The Morgan fingerprint density at radius 2 is 1.65 bits per heavy atom. The molecule has 3 rings (SSSR count). The van der Waals surface area contributed by atoms with Gasteiger partial charge in [-0.2, -0.15) is 0 Å². The van der Waals surface area contributed by atoms with Crippen LogP contribution in [-0.2, 0) is 0 Å². The number of benzene rings is 1. The minimum Gasteiger partial charge on any atom is -0.357 e. The van der Waals surface area contributed by atoms with Crippen LogP contribution in [0.2, 0.25) is 0 Å². The molecule has 2 fully saturated rings. The van der Waals surface area contributed by atoms with Crippen molar-refractivity contribution in [2.45, 2.75) is 64.3 Å². The molecular formula is C21H31N3OS. The Morgan fingerprint density at radius 1 is 1.04 bits per heavy atom. The summed E-state index contributed by atoms with van der Waals surface area (Å²) in [5, 5.41) is 7.54. The van der Waals surface area contributed by atoms with Gasteiger partial charge in [0.1, 0.15) is 0 Å². The standard InChI is InChI=1S/C21H31N3OS/c1-16(2)21(12-4-5-13-21)23-20(26)22-18-10-8-17(9-11-18)19(25)24-14-6-3-7-15-24/h8-11,16H,3-7,12-15H2,1-2H3,(H2,22,23,26). The largest absolute Gasteiger partial charge is 0.357 e. The maximum Gasteiger partial charge on any atom is 0.253 e. The van der Waals surface area contributed by atoms with Crippen LogP contribution in [0.3, 0.4) is 0 Å². The molecule has 0 spiro atoms. The first-order valence-corrected chi connectivity index (χ1v) is 10.4. The Morgan fingerprint density at radius 3 is 2.23 bits per heavy atom. The second kappa shape index (κ2) is 8.38. The normalized spacial score (nSPS) is 19.4. The minimum absolute atomic E-state index is 0.119. The molecule has 1 aromatic rings. The number of nitrogens with one attached hydrogen (secondary N) is 2. The topological polar surface area (TPSA) is 44.4 Å². The molecule has 0 unspecified atom stereocenters. The molecule has 1 aliphatic carbocycles. The molecule has 142 valence electrons. The molecule has 1 saturated carbocycles. The highest BCUT2D eigenvalue weighted by Crippen LogP contribution is 2.35. The van der Waals surface area contributed by atoms with Gasteiger partial charge in [-0.3, -0.25) is 4.79 Å². The highest BCUT2D eigenvalue weighted by atomic mass is 32.1. The highest BCUT2D eigenvalue weighted by Gasteiger charge is 2.37. The molecule has 0 radical (unpaired) electrons. The van der Waals surface area contributed by atoms with Gasteiger partial charge in [-0.25, -0.2) is 0 Å². The number of piperidine rings is 1. The Balaban J connectivity index is 1.58. The number of anilines is 1. The lowest BCUT2D eigenvalue weighted by Gasteiger charge is -2.35. The number of carbonyl (C=O) groups excluding carboxylic acids is 1. The summed E-state index contributed by atoms with van der Waals surface area (Å²) in [4.78, 5) is 14.5. The van der Waals surface area contributed by atoms with Crippen molar-refractivity contribution < 1.29 is 4.79 Å². The maximum atomic E-state index is 12.5. The molecule has 2 N–H and O–H groups in total. The number of nitrogens with zero attached hydrogens (tertiary/aromatic N) is 1. The van der Waals surface area contributed by atoms with Crippen LogP contribution in [0.5, 0.6) is 0 Å². The summed E-state index contributed by atoms with van der Waals surface area (Å²) in [7, 11) is 0. The molecule has 1 saturated heterocycles. The molecule has 1 aromatic carbocycles. The van der Waals surface area contributed by atoms with Crippen molar-refractivity contribution in [3.8, 4) is 0 Å². The predicted molar refractivity (Wildman–Crippen MR) is 112 cm³/mol. The van der Waals surface area contributed by atoms with Crippen LogP contribution >= 0.6 is 12.2 Å². The van der Waals surface area contributed by atoms with Gasteiger partial charge in [0.05, 0.1) is 0 Å². The highest BCUT2D eigenvalue weighted by molar-refractivity contribution is 7.80. The Bertz CT molecular complexity index is 629. The SMILES string of the molecule is CC(C)C1(NC(=S)Nc2ccc(C(=O)N3CCCCC3)cc2)CCCC1. The maximum absolute atomic E-state index is 12.5. The first-order valence-electron chi connectivity index (χ1n) is 9.99. The number of hydrogen-bond acceptors (Lipinski definition) is 2. The second-order valence-electron chi connectivity index (χ2n) is 8.03. The molecule has 0 bridgehead atoms. The van der Waals surface area contributed by atoms with Crippen LogP contribution in [0.15, 0.2) is 24.3 Å². The number of hydrogen-bond donors (Lipinski definition) is 2. The molecule has 1 amide bonds. The molecule has 0 aromatic heterocycles. The van der Waals surface area contributed by atoms with Crippen LogP contribution in [-0.4, -0.2) is 34.5 Å². The summed E-state index contributed by atoms with van der Waals surface area (Å²) >= 11 is 5.55. The lowest BCUT2D eigenvalue weighted by molar-refractivity contribution is 0.0724. The van der Waals surface area contributed by atoms with Crippen molar-refractivity contribution in [3.63, 3.8) is 0 Å². The third-order valence-electron chi connectivity index (χ3n) is 6.00. The van der Waals surface area contributed by atoms with E-state index in [2.05, 4.69) is 24.5 Å². The van der Waals surface area contributed by atoms with Crippen molar-refractivity contribution in [1.29, 1.82) is 0 Å². The van der Waals surface area contributed by atoms with E-state index in [1.165, 1.54) is 32.1 Å². The molecule has 2 aliphatic rings. The molecule has 26 heavy (non-hydrogen) atoms. The Labute approximate surface area is 162 Å². The van der Waals surface area contributed by atoms with E-state index in [0.717, 1.165) is 37.2 Å². The van der Waals surface area contributed by atoms with E-state index in [1.54, 1.807) is 0 Å². The molecule has 1 aliphatic heterocycles. The molecular weight excluding hydrogens is 342 g/mol. The van der Waals surface area contributed by atoms with E-state index < -0.39 is 0 Å².